The maximum atomic E-state index is 11.7. The topological polar surface area (TPSA) is 64.6 Å². The van der Waals surface area contributed by atoms with Crippen molar-refractivity contribution < 1.29 is 17.9 Å². The van der Waals surface area contributed by atoms with Crippen LogP contribution in [-0.2, 0) is 19.3 Å². The van der Waals surface area contributed by atoms with E-state index in [0.717, 1.165) is 19.4 Å². The zero-order chi connectivity index (χ0) is 13.4. The van der Waals surface area contributed by atoms with E-state index >= 15 is 0 Å². The van der Waals surface area contributed by atoms with Crippen molar-refractivity contribution in [3.05, 3.63) is 0 Å². The van der Waals surface area contributed by atoms with Gasteiger partial charge in [-0.15, -0.1) is 0 Å². The van der Waals surface area contributed by atoms with Gasteiger partial charge in [0.05, 0.1) is 17.6 Å². The van der Waals surface area contributed by atoms with Crippen LogP contribution < -0.4 is 5.32 Å². The number of sulfone groups is 1. The zero-order valence-electron chi connectivity index (χ0n) is 11.4. The highest BCUT2D eigenvalue weighted by Gasteiger charge is 2.22. The number of rotatable bonds is 9. The van der Waals surface area contributed by atoms with Crippen LogP contribution in [0.4, 0.5) is 0 Å². The summed E-state index contributed by atoms with van der Waals surface area (Å²) < 4.78 is 33.8. The third-order valence-corrected chi connectivity index (χ3v) is 4.94. The van der Waals surface area contributed by atoms with Gasteiger partial charge in [-0.3, -0.25) is 0 Å². The van der Waals surface area contributed by atoms with Gasteiger partial charge in [0.15, 0.2) is 9.84 Å². The first-order valence-corrected chi connectivity index (χ1v) is 8.41. The van der Waals surface area contributed by atoms with E-state index in [1.54, 1.807) is 7.11 Å². The Balaban J connectivity index is 2.15. The molecule has 0 aromatic rings. The summed E-state index contributed by atoms with van der Waals surface area (Å²) >= 11 is 0. The summed E-state index contributed by atoms with van der Waals surface area (Å²) in [7, 11) is -1.38. The summed E-state index contributed by atoms with van der Waals surface area (Å²) in [5.41, 5.74) is 0. The lowest BCUT2D eigenvalue weighted by molar-refractivity contribution is 0.0844. The van der Waals surface area contributed by atoms with Gasteiger partial charge in [0, 0.05) is 32.9 Å². The Kier molecular flexibility index (Phi) is 7.14. The van der Waals surface area contributed by atoms with Crippen molar-refractivity contribution in [3.8, 4) is 0 Å². The lowest BCUT2D eigenvalue weighted by Gasteiger charge is -2.19. The van der Waals surface area contributed by atoms with Crippen LogP contribution in [0.15, 0.2) is 0 Å². The molecule has 1 fully saturated rings. The van der Waals surface area contributed by atoms with Crippen LogP contribution in [0.1, 0.15) is 26.2 Å². The molecule has 0 saturated carbocycles. The van der Waals surface area contributed by atoms with Crippen LogP contribution in [0.25, 0.3) is 0 Å². The van der Waals surface area contributed by atoms with E-state index in [1.165, 1.54) is 0 Å². The third kappa shape index (κ3) is 6.13. The molecule has 0 aliphatic carbocycles. The number of methoxy groups -OCH3 is 1. The highest BCUT2D eigenvalue weighted by molar-refractivity contribution is 7.91. The van der Waals surface area contributed by atoms with Crippen molar-refractivity contribution in [1.29, 1.82) is 0 Å². The van der Waals surface area contributed by atoms with Gasteiger partial charge in [0.2, 0.25) is 0 Å². The summed E-state index contributed by atoms with van der Waals surface area (Å²) in [4.78, 5) is 0. The van der Waals surface area contributed by atoms with Gasteiger partial charge in [-0.05, 0) is 26.2 Å². The van der Waals surface area contributed by atoms with Crippen molar-refractivity contribution >= 4 is 9.84 Å². The normalized spacial score (nSPS) is 22.2. The zero-order valence-corrected chi connectivity index (χ0v) is 12.2. The van der Waals surface area contributed by atoms with Gasteiger partial charge in [-0.1, -0.05) is 0 Å². The van der Waals surface area contributed by atoms with E-state index in [4.69, 9.17) is 9.47 Å². The average molecular weight is 279 g/mol. The lowest BCUT2D eigenvalue weighted by atomic mass is 10.1. The second-order valence-electron chi connectivity index (χ2n) is 4.79. The maximum Gasteiger partial charge on any atom is 0.151 e. The predicted octanol–water partition coefficient (Wildman–Crippen LogP) is 0.595. The largest absolute Gasteiger partial charge is 0.385 e. The molecule has 0 aromatic carbocycles. The van der Waals surface area contributed by atoms with Crippen molar-refractivity contribution in [1.82, 2.24) is 5.32 Å². The van der Waals surface area contributed by atoms with Crippen LogP contribution >= 0.6 is 0 Å². The molecule has 5 nitrogen and oxygen atoms in total. The number of ether oxygens (including phenoxy) is 2. The molecule has 2 unspecified atom stereocenters. The Morgan fingerprint density at radius 3 is 2.83 bits per heavy atom. The minimum absolute atomic E-state index is 0.188. The second kappa shape index (κ2) is 8.09. The fraction of sp³-hybridized carbons (Fsp3) is 1.00. The average Bonchev–Trinajstić information content (AvgIpc) is 2.82. The first kappa shape index (κ1) is 15.9. The van der Waals surface area contributed by atoms with Gasteiger partial charge in [0.25, 0.3) is 0 Å². The molecule has 0 amide bonds. The molecule has 1 heterocycles. The van der Waals surface area contributed by atoms with E-state index in [1.807, 2.05) is 6.92 Å². The summed E-state index contributed by atoms with van der Waals surface area (Å²) in [6.07, 6.45) is 2.97. The van der Waals surface area contributed by atoms with E-state index in [0.29, 0.717) is 19.6 Å². The first-order valence-electron chi connectivity index (χ1n) is 6.59. The molecule has 6 heteroatoms. The van der Waals surface area contributed by atoms with Gasteiger partial charge < -0.3 is 14.8 Å². The Labute approximate surface area is 110 Å². The Morgan fingerprint density at radius 2 is 2.22 bits per heavy atom. The molecule has 0 radical (unpaired) electrons. The van der Waals surface area contributed by atoms with Crippen LogP contribution in [0.2, 0.25) is 0 Å². The fourth-order valence-electron chi connectivity index (χ4n) is 2.10. The third-order valence-electron chi connectivity index (χ3n) is 3.21. The monoisotopic (exact) mass is 279 g/mol. The Morgan fingerprint density at radius 1 is 1.44 bits per heavy atom. The predicted molar refractivity (Wildman–Crippen MR) is 71.6 cm³/mol. The van der Waals surface area contributed by atoms with Crippen LogP contribution in [0.5, 0.6) is 0 Å². The van der Waals surface area contributed by atoms with Crippen molar-refractivity contribution in [2.75, 3.05) is 38.4 Å². The quantitative estimate of drug-likeness (QED) is 0.626. The minimum atomic E-state index is -2.96. The molecule has 0 aromatic heterocycles. The minimum Gasteiger partial charge on any atom is -0.385 e. The van der Waals surface area contributed by atoms with Gasteiger partial charge >= 0.3 is 0 Å². The summed E-state index contributed by atoms with van der Waals surface area (Å²) in [6, 6.07) is 0.224. The highest BCUT2D eigenvalue weighted by Crippen LogP contribution is 2.15. The van der Waals surface area contributed by atoms with Crippen LogP contribution in [0.3, 0.4) is 0 Å². The van der Waals surface area contributed by atoms with E-state index in [9.17, 15) is 8.42 Å². The van der Waals surface area contributed by atoms with E-state index in [-0.39, 0.29) is 23.7 Å². The fourth-order valence-corrected chi connectivity index (χ4v) is 3.29. The first-order chi connectivity index (χ1) is 8.55. The molecule has 2 atom stereocenters. The molecule has 1 saturated heterocycles. The molecule has 1 rings (SSSR count). The van der Waals surface area contributed by atoms with Gasteiger partial charge in [-0.2, -0.15) is 0 Å². The molecular weight excluding hydrogens is 254 g/mol. The van der Waals surface area contributed by atoms with Gasteiger partial charge in [0.1, 0.15) is 0 Å². The summed E-state index contributed by atoms with van der Waals surface area (Å²) in [5, 5.41) is 3.24. The smallest absolute Gasteiger partial charge is 0.151 e. The number of hydrogen-bond donors (Lipinski definition) is 1. The second-order valence-corrected chi connectivity index (χ2v) is 7.10. The van der Waals surface area contributed by atoms with Crippen LogP contribution in [-0.4, -0.2) is 58.9 Å². The molecule has 0 bridgehead atoms. The summed E-state index contributed by atoms with van der Waals surface area (Å²) in [6.45, 7) is 3.87. The van der Waals surface area contributed by atoms with Crippen LogP contribution in [0, 0.1) is 0 Å². The van der Waals surface area contributed by atoms with Crippen molar-refractivity contribution in [2.45, 2.75) is 38.3 Å². The molecular formula is C12H25NO4S. The molecule has 1 aliphatic heterocycles. The Hall–Kier alpha value is -0.170. The number of hydrogen-bond acceptors (Lipinski definition) is 5. The summed E-state index contributed by atoms with van der Waals surface area (Å²) in [5.74, 6) is 0.393. The molecule has 18 heavy (non-hydrogen) atoms. The molecule has 0 spiro atoms. The highest BCUT2D eigenvalue weighted by atomic mass is 32.2. The lowest BCUT2D eigenvalue weighted by Crippen LogP contribution is -2.39. The number of nitrogens with one attached hydrogen (secondary N) is 1. The maximum absolute atomic E-state index is 11.7. The van der Waals surface area contributed by atoms with Crippen molar-refractivity contribution in [3.63, 3.8) is 0 Å². The SMILES string of the molecule is COCCCS(=O)(=O)CCNC(C)C1CCCO1. The molecule has 108 valence electrons. The van der Waals surface area contributed by atoms with Gasteiger partial charge in [-0.25, -0.2) is 8.42 Å². The molecule has 1 N–H and O–H groups in total. The van der Waals surface area contributed by atoms with E-state index < -0.39 is 9.84 Å². The van der Waals surface area contributed by atoms with E-state index in [2.05, 4.69) is 5.32 Å². The standard InChI is InChI=1S/C12H25NO4S/c1-11(12-5-3-8-17-12)13-6-10-18(14,15)9-4-7-16-2/h11-13H,3-10H2,1-2H3. The van der Waals surface area contributed by atoms with Crippen molar-refractivity contribution in [2.24, 2.45) is 0 Å². The molecule has 1 aliphatic rings. The Bertz CT molecular complexity index is 312.